The summed E-state index contributed by atoms with van der Waals surface area (Å²) in [5.74, 6) is -0.0105. The molecule has 1 saturated heterocycles. The highest BCUT2D eigenvalue weighted by Crippen LogP contribution is 2.35. The summed E-state index contributed by atoms with van der Waals surface area (Å²) < 4.78 is 5.52. The molecular weight excluding hydrogens is 292 g/mol. The zero-order valence-corrected chi connectivity index (χ0v) is 13.5. The van der Waals surface area contributed by atoms with Crippen LogP contribution in [0.1, 0.15) is 24.0 Å². The fraction of sp³-hybridized carbons (Fsp3) is 0.316. The van der Waals surface area contributed by atoms with E-state index in [0.717, 1.165) is 24.2 Å². The van der Waals surface area contributed by atoms with Gasteiger partial charge in [0.25, 0.3) is 0 Å². The average molecular weight is 312 g/mol. The molecular formula is C19H20O2S. The third-order valence-electron chi connectivity index (χ3n) is 3.97. The molecule has 0 amide bonds. The van der Waals surface area contributed by atoms with Crippen LogP contribution in [0.3, 0.4) is 0 Å². The molecule has 1 fully saturated rings. The summed E-state index contributed by atoms with van der Waals surface area (Å²) in [7, 11) is 0. The predicted octanol–water partition coefficient (Wildman–Crippen LogP) is 4.61. The molecule has 0 bridgehead atoms. The highest BCUT2D eigenvalue weighted by atomic mass is 32.2. The molecule has 0 radical (unpaired) electrons. The molecule has 114 valence electrons. The molecule has 1 aliphatic heterocycles. The van der Waals surface area contributed by atoms with E-state index in [2.05, 4.69) is 43.3 Å². The van der Waals surface area contributed by atoms with Gasteiger partial charge in [-0.1, -0.05) is 59.8 Å². The molecule has 3 heteroatoms. The van der Waals surface area contributed by atoms with Crippen molar-refractivity contribution in [1.82, 2.24) is 0 Å². The Bertz CT molecular complexity index is 622. The van der Waals surface area contributed by atoms with Gasteiger partial charge < -0.3 is 4.74 Å². The fourth-order valence-electron chi connectivity index (χ4n) is 2.66. The summed E-state index contributed by atoms with van der Waals surface area (Å²) in [6, 6.07) is 18.7. The van der Waals surface area contributed by atoms with Gasteiger partial charge in [0.2, 0.25) is 0 Å². The standard InChI is InChI=1S/C19H20O2S/c1-14-7-11-17(12-8-14)22-18-13-16(19(20)21-18)10-9-15-5-3-2-4-6-15/h2-8,11-12,16,18H,9-10,13H2,1H3/t16-,18-/m1/s1. The maximum Gasteiger partial charge on any atom is 0.310 e. The topological polar surface area (TPSA) is 26.3 Å². The van der Waals surface area contributed by atoms with E-state index >= 15 is 0 Å². The van der Waals surface area contributed by atoms with Gasteiger partial charge in [-0.05, 0) is 37.5 Å². The Balaban J connectivity index is 1.53. The maximum atomic E-state index is 12.0. The van der Waals surface area contributed by atoms with Crippen molar-refractivity contribution in [3.63, 3.8) is 0 Å². The summed E-state index contributed by atoms with van der Waals surface area (Å²) in [6.07, 6.45) is 2.61. The van der Waals surface area contributed by atoms with Gasteiger partial charge in [0.05, 0.1) is 5.92 Å². The van der Waals surface area contributed by atoms with Gasteiger partial charge >= 0.3 is 5.97 Å². The monoisotopic (exact) mass is 312 g/mol. The molecule has 3 rings (SSSR count). The normalized spacial score (nSPS) is 20.9. The Morgan fingerprint density at radius 3 is 2.55 bits per heavy atom. The summed E-state index contributed by atoms with van der Waals surface area (Å²) in [6.45, 7) is 2.07. The van der Waals surface area contributed by atoms with E-state index in [1.165, 1.54) is 11.1 Å². The van der Waals surface area contributed by atoms with Crippen LogP contribution in [0.5, 0.6) is 0 Å². The second kappa shape index (κ2) is 7.01. The van der Waals surface area contributed by atoms with Crippen LogP contribution in [-0.4, -0.2) is 11.4 Å². The van der Waals surface area contributed by atoms with Gasteiger partial charge in [-0.3, -0.25) is 4.79 Å². The van der Waals surface area contributed by atoms with Crippen LogP contribution in [0.4, 0.5) is 0 Å². The van der Waals surface area contributed by atoms with Crippen LogP contribution in [0.2, 0.25) is 0 Å². The van der Waals surface area contributed by atoms with Crippen molar-refractivity contribution in [3.05, 3.63) is 65.7 Å². The van der Waals surface area contributed by atoms with Crippen molar-refractivity contribution in [2.45, 2.75) is 36.5 Å². The number of aryl methyl sites for hydroxylation is 2. The molecule has 2 aromatic rings. The lowest BCUT2D eigenvalue weighted by Gasteiger charge is -2.08. The molecule has 1 aliphatic rings. The van der Waals surface area contributed by atoms with E-state index in [0.29, 0.717) is 0 Å². The zero-order valence-electron chi connectivity index (χ0n) is 12.7. The van der Waals surface area contributed by atoms with Crippen molar-refractivity contribution in [2.24, 2.45) is 5.92 Å². The lowest BCUT2D eigenvalue weighted by atomic mass is 9.98. The predicted molar refractivity (Wildman–Crippen MR) is 89.8 cm³/mol. The average Bonchev–Trinajstić information content (AvgIpc) is 2.88. The maximum absolute atomic E-state index is 12.0. The third-order valence-corrected chi connectivity index (χ3v) is 5.07. The zero-order chi connectivity index (χ0) is 15.4. The van der Waals surface area contributed by atoms with Gasteiger partial charge in [0.1, 0.15) is 0 Å². The molecule has 2 aromatic carbocycles. The number of hydrogen-bond acceptors (Lipinski definition) is 3. The summed E-state index contributed by atoms with van der Waals surface area (Å²) >= 11 is 1.65. The van der Waals surface area contributed by atoms with E-state index in [4.69, 9.17) is 4.74 Å². The highest BCUT2D eigenvalue weighted by Gasteiger charge is 2.34. The van der Waals surface area contributed by atoms with Crippen LogP contribution >= 0.6 is 11.8 Å². The first-order valence-corrected chi connectivity index (χ1v) is 8.56. The molecule has 2 nitrogen and oxygen atoms in total. The summed E-state index contributed by atoms with van der Waals surface area (Å²) in [5, 5.41) is 0. The van der Waals surface area contributed by atoms with Crippen LogP contribution < -0.4 is 0 Å². The molecule has 0 aromatic heterocycles. The van der Waals surface area contributed by atoms with Gasteiger partial charge in [-0.25, -0.2) is 0 Å². The minimum Gasteiger partial charge on any atom is -0.451 e. The number of hydrogen-bond donors (Lipinski definition) is 0. The lowest BCUT2D eigenvalue weighted by Crippen LogP contribution is -2.08. The number of esters is 1. The van der Waals surface area contributed by atoms with E-state index in [9.17, 15) is 4.79 Å². The first kappa shape index (κ1) is 15.2. The molecule has 0 unspecified atom stereocenters. The van der Waals surface area contributed by atoms with E-state index in [1.807, 2.05) is 18.2 Å². The van der Waals surface area contributed by atoms with Crippen molar-refractivity contribution < 1.29 is 9.53 Å². The molecule has 1 heterocycles. The van der Waals surface area contributed by atoms with E-state index < -0.39 is 0 Å². The number of carbonyl (C=O) groups excluding carboxylic acids is 1. The molecule has 2 atom stereocenters. The first-order chi connectivity index (χ1) is 10.7. The molecule has 0 N–H and O–H groups in total. The Morgan fingerprint density at radius 1 is 1.09 bits per heavy atom. The third kappa shape index (κ3) is 3.92. The number of thioether (sulfide) groups is 1. The van der Waals surface area contributed by atoms with Crippen LogP contribution in [0, 0.1) is 12.8 Å². The number of benzene rings is 2. The summed E-state index contributed by atoms with van der Waals surface area (Å²) in [4.78, 5) is 13.2. The van der Waals surface area contributed by atoms with Crippen LogP contribution in [0.25, 0.3) is 0 Å². The van der Waals surface area contributed by atoms with Gasteiger partial charge in [0.15, 0.2) is 5.44 Å². The van der Waals surface area contributed by atoms with Crippen molar-refractivity contribution in [1.29, 1.82) is 0 Å². The fourth-order valence-corrected chi connectivity index (χ4v) is 3.73. The Hall–Kier alpha value is -1.74. The number of carbonyl (C=O) groups is 1. The number of rotatable bonds is 5. The Kier molecular flexibility index (Phi) is 4.84. The van der Waals surface area contributed by atoms with Crippen molar-refractivity contribution in [3.8, 4) is 0 Å². The van der Waals surface area contributed by atoms with Crippen LogP contribution in [-0.2, 0) is 16.0 Å². The van der Waals surface area contributed by atoms with Gasteiger partial charge in [0, 0.05) is 11.3 Å². The minimum absolute atomic E-state index is 0.0307. The SMILES string of the molecule is Cc1ccc(S[C@@H]2C[C@@H](CCc3ccccc3)C(=O)O2)cc1. The molecule has 0 aliphatic carbocycles. The van der Waals surface area contributed by atoms with E-state index in [-0.39, 0.29) is 17.3 Å². The summed E-state index contributed by atoms with van der Waals surface area (Å²) in [5.41, 5.74) is 2.48. The lowest BCUT2D eigenvalue weighted by molar-refractivity contribution is -0.142. The minimum atomic E-state index is -0.0454. The number of cyclic esters (lactones) is 1. The molecule has 0 spiro atoms. The van der Waals surface area contributed by atoms with Gasteiger partial charge in [-0.15, -0.1) is 0 Å². The Labute approximate surface area is 135 Å². The highest BCUT2D eigenvalue weighted by molar-refractivity contribution is 7.99. The van der Waals surface area contributed by atoms with Crippen molar-refractivity contribution in [2.75, 3.05) is 0 Å². The molecule has 22 heavy (non-hydrogen) atoms. The molecule has 0 saturated carbocycles. The second-order valence-electron chi connectivity index (χ2n) is 5.75. The number of ether oxygens (including phenoxy) is 1. The van der Waals surface area contributed by atoms with Crippen LogP contribution in [0.15, 0.2) is 59.5 Å². The van der Waals surface area contributed by atoms with Gasteiger partial charge in [-0.2, -0.15) is 0 Å². The first-order valence-electron chi connectivity index (χ1n) is 7.68. The van der Waals surface area contributed by atoms with E-state index in [1.54, 1.807) is 11.8 Å². The van der Waals surface area contributed by atoms with Crippen molar-refractivity contribution >= 4 is 17.7 Å². The second-order valence-corrected chi connectivity index (χ2v) is 6.99. The largest absolute Gasteiger partial charge is 0.451 e. The smallest absolute Gasteiger partial charge is 0.310 e. The Morgan fingerprint density at radius 2 is 1.82 bits per heavy atom. The quantitative estimate of drug-likeness (QED) is 0.754.